The van der Waals surface area contributed by atoms with Crippen molar-refractivity contribution in [1.29, 1.82) is 0 Å². The van der Waals surface area contributed by atoms with Gasteiger partial charge in [-0.15, -0.1) is 0 Å². The highest BCUT2D eigenvalue weighted by Crippen LogP contribution is 2.20. The molecule has 0 radical (unpaired) electrons. The van der Waals surface area contributed by atoms with Crippen LogP contribution in [-0.4, -0.2) is 40.3 Å². The van der Waals surface area contributed by atoms with E-state index in [0.29, 0.717) is 0 Å². The van der Waals surface area contributed by atoms with Gasteiger partial charge in [0.15, 0.2) is 11.4 Å². The highest BCUT2D eigenvalue weighted by molar-refractivity contribution is 5.92. The number of aliphatic hydroxyl groups excluding tert-OH is 1. The number of ketones is 1. The van der Waals surface area contributed by atoms with Crippen LogP contribution in [0.3, 0.4) is 0 Å². The first-order valence-electron chi connectivity index (χ1n) is 4.86. The quantitative estimate of drug-likeness (QED) is 0.629. The van der Waals surface area contributed by atoms with E-state index >= 15 is 0 Å². The van der Waals surface area contributed by atoms with E-state index in [1.165, 1.54) is 20.8 Å². The monoisotopic (exact) mass is 218 g/mol. The number of Topliss-reactive ketones (excluding diaryl/α,β-unsaturated/α-hetero) is 1. The molecule has 0 aliphatic rings. The zero-order valence-corrected chi connectivity index (χ0v) is 9.48. The number of carbonyl (C=O) groups is 2. The number of carbonyl (C=O) groups excluding carboxylic acids is 2. The van der Waals surface area contributed by atoms with Gasteiger partial charge in [0.05, 0.1) is 12.5 Å². The molecule has 0 aromatic rings. The summed E-state index contributed by atoms with van der Waals surface area (Å²) in [5.74, 6) is -2.45. The van der Waals surface area contributed by atoms with Crippen molar-refractivity contribution in [2.45, 2.75) is 39.4 Å². The molecule has 0 amide bonds. The first-order valence-corrected chi connectivity index (χ1v) is 4.86. The Morgan fingerprint density at radius 1 is 1.40 bits per heavy atom. The van der Waals surface area contributed by atoms with Crippen LogP contribution in [0.4, 0.5) is 0 Å². The van der Waals surface area contributed by atoms with Crippen LogP contribution in [-0.2, 0) is 14.3 Å². The molecule has 15 heavy (non-hydrogen) atoms. The van der Waals surface area contributed by atoms with E-state index < -0.39 is 29.4 Å². The van der Waals surface area contributed by atoms with Gasteiger partial charge in [-0.05, 0) is 20.8 Å². The Kier molecular flexibility index (Phi) is 4.90. The zero-order chi connectivity index (χ0) is 12.2. The van der Waals surface area contributed by atoms with Gasteiger partial charge in [-0.3, -0.25) is 4.79 Å². The average molecular weight is 218 g/mol. The fourth-order valence-electron chi connectivity index (χ4n) is 1.09. The number of hydrogen-bond acceptors (Lipinski definition) is 5. The summed E-state index contributed by atoms with van der Waals surface area (Å²) < 4.78 is 4.63. The van der Waals surface area contributed by atoms with Gasteiger partial charge >= 0.3 is 5.97 Å². The molecule has 0 aromatic carbocycles. The Bertz CT molecular complexity index is 244. The van der Waals surface area contributed by atoms with Crippen LogP contribution in [0.1, 0.15) is 27.7 Å². The molecule has 0 saturated carbocycles. The second kappa shape index (κ2) is 5.23. The van der Waals surface area contributed by atoms with Crippen LogP contribution in [0.2, 0.25) is 0 Å². The van der Waals surface area contributed by atoms with E-state index in [1.54, 1.807) is 6.92 Å². The summed E-state index contributed by atoms with van der Waals surface area (Å²) in [6, 6.07) is 0. The minimum Gasteiger partial charge on any atom is -0.464 e. The van der Waals surface area contributed by atoms with Crippen molar-refractivity contribution in [3.63, 3.8) is 0 Å². The summed E-state index contributed by atoms with van der Waals surface area (Å²) >= 11 is 0. The minimum absolute atomic E-state index is 0.130. The fraction of sp³-hybridized carbons (Fsp3) is 0.800. The molecule has 0 bridgehead atoms. The van der Waals surface area contributed by atoms with Crippen LogP contribution in [0.5, 0.6) is 0 Å². The molecule has 0 aromatic heterocycles. The third kappa shape index (κ3) is 3.28. The Hall–Kier alpha value is -0.940. The molecule has 88 valence electrons. The largest absolute Gasteiger partial charge is 0.464 e. The molecular formula is C10H18O5. The van der Waals surface area contributed by atoms with Crippen LogP contribution in [0.15, 0.2) is 0 Å². The van der Waals surface area contributed by atoms with Gasteiger partial charge in [0.1, 0.15) is 6.10 Å². The third-order valence-electron chi connectivity index (χ3n) is 2.37. The lowest BCUT2D eigenvalue weighted by Crippen LogP contribution is -2.48. The maximum absolute atomic E-state index is 11.4. The summed E-state index contributed by atoms with van der Waals surface area (Å²) in [6.45, 7) is 5.61. The number of ether oxygens (including phenoxy) is 1. The predicted octanol–water partition coefficient (Wildman–Crippen LogP) is -0.114. The molecule has 5 nitrogen and oxygen atoms in total. The Morgan fingerprint density at radius 3 is 2.20 bits per heavy atom. The topological polar surface area (TPSA) is 83.8 Å². The summed E-state index contributed by atoms with van der Waals surface area (Å²) in [4.78, 5) is 22.7. The lowest BCUT2D eigenvalue weighted by Gasteiger charge is -2.27. The van der Waals surface area contributed by atoms with Gasteiger partial charge in [-0.2, -0.15) is 0 Å². The molecule has 0 unspecified atom stereocenters. The number of hydrogen-bond donors (Lipinski definition) is 2. The highest BCUT2D eigenvalue weighted by Gasteiger charge is 2.42. The molecular weight excluding hydrogens is 200 g/mol. The van der Waals surface area contributed by atoms with Gasteiger partial charge < -0.3 is 14.9 Å². The smallest absolute Gasteiger partial charge is 0.338 e. The SMILES string of the molecule is CCOC(=O)[C@](C)(O)[C@H](C)C(=O)[C@H](C)O. The normalized spacial score (nSPS) is 18.8. The second-order valence-corrected chi connectivity index (χ2v) is 3.67. The number of esters is 1. The average Bonchev–Trinajstić information content (AvgIpc) is 2.15. The summed E-state index contributed by atoms with van der Waals surface area (Å²) in [6.07, 6.45) is -1.21. The van der Waals surface area contributed by atoms with E-state index in [4.69, 9.17) is 5.11 Å². The van der Waals surface area contributed by atoms with Crippen LogP contribution >= 0.6 is 0 Å². The molecule has 0 fully saturated rings. The van der Waals surface area contributed by atoms with Crippen molar-refractivity contribution in [3.05, 3.63) is 0 Å². The second-order valence-electron chi connectivity index (χ2n) is 3.67. The Morgan fingerprint density at radius 2 is 1.87 bits per heavy atom. The molecule has 0 spiro atoms. The maximum Gasteiger partial charge on any atom is 0.338 e. The maximum atomic E-state index is 11.4. The molecule has 0 rings (SSSR count). The lowest BCUT2D eigenvalue weighted by molar-refractivity contribution is -0.172. The third-order valence-corrected chi connectivity index (χ3v) is 2.37. The molecule has 0 aliphatic carbocycles. The van der Waals surface area contributed by atoms with Gasteiger partial charge in [0.2, 0.25) is 0 Å². The lowest BCUT2D eigenvalue weighted by atomic mass is 9.85. The number of aliphatic hydroxyl groups is 2. The van der Waals surface area contributed by atoms with E-state index in [1.807, 2.05) is 0 Å². The van der Waals surface area contributed by atoms with Crippen molar-refractivity contribution >= 4 is 11.8 Å². The first-order chi connectivity index (χ1) is 6.75. The van der Waals surface area contributed by atoms with E-state index in [2.05, 4.69) is 4.74 Å². The first kappa shape index (κ1) is 14.1. The Labute approximate surface area is 89.0 Å². The fourth-order valence-corrected chi connectivity index (χ4v) is 1.09. The van der Waals surface area contributed by atoms with Crippen molar-refractivity contribution < 1.29 is 24.5 Å². The van der Waals surface area contributed by atoms with Crippen LogP contribution in [0.25, 0.3) is 0 Å². The predicted molar refractivity (Wildman–Crippen MR) is 53.1 cm³/mol. The zero-order valence-electron chi connectivity index (χ0n) is 9.48. The van der Waals surface area contributed by atoms with Gasteiger partial charge in [-0.25, -0.2) is 4.79 Å². The van der Waals surface area contributed by atoms with Crippen LogP contribution < -0.4 is 0 Å². The van der Waals surface area contributed by atoms with Gasteiger partial charge in [0, 0.05) is 0 Å². The molecule has 0 heterocycles. The Balaban J connectivity index is 4.71. The molecule has 0 saturated heterocycles. The summed E-state index contributed by atoms with van der Waals surface area (Å²) in [5.41, 5.74) is -1.90. The van der Waals surface area contributed by atoms with Crippen molar-refractivity contribution in [3.8, 4) is 0 Å². The van der Waals surface area contributed by atoms with E-state index in [-0.39, 0.29) is 6.61 Å². The van der Waals surface area contributed by atoms with Crippen LogP contribution in [0, 0.1) is 5.92 Å². The molecule has 3 atom stereocenters. The van der Waals surface area contributed by atoms with Crippen molar-refractivity contribution in [1.82, 2.24) is 0 Å². The minimum atomic E-state index is -1.90. The van der Waals surface area contributed by atoms with Gasteiger partial charge in [0.25, 0.3) is 0 Å². The number of rotatable bonds is 5. The van der Waals surface area contributed by atoms with E-state index in [0.717, 1.165) is 0 Å². The standard InChI is InChI=1S/C10H18O5/c1-5-15-9(13)10(4,14)6(2)8(12)7(3)11/h6-7,11,14H,5H2,1-4H3/t6-,7+,10-/m1/s1. The molecule has 2 N–H and O–H groups in total. The summed E-state index contributed by atoms with van der Waals surface area (Å²) in [5, 5.41) is 18.8. The molecule has 5 heteroatoms. The van der Waals surface area contributed by atoms with Gasteiger partial charge in [-0.1, -0.05) is 6.92 Å². The molecule has 0 aliphatic heterocycles. The van der Waals surface area contributed by atoms with E-state index in [9.17, 15) is 14.7 Å². The summed E-state index contributed by atoms with van der Waals surface area (Å²) in [7, 11) is 0. The highest BCUT2D eigenvalue weighted by atomic mass is 16.5. The van der Waals surface area contributed by atoms with Crippen molar-refractivity contribution in [2.75, 3.05) is 6.61 Å². The van der Waals surface area contributed by atoms with Crippen molar-refractivity contribution in [2.24, 2.45) is 5.92 Å².